The van der Waals surface area contributed by atoms with Crippen molar-refractivity contribution in [1.29, 1.82) is 0 Å². The van der Waals surface area contributed by atoms with Gasteiger partial charge in [0.05, 0.1) is 0 Å². The molecule has 0 aromatic carbocycles. The molecule has 0 spiro atoms. The fourth-order valence-corrected chi connectivity index (χ4v) is 2.73. The van der Waals surface area contributed by atoms with Crippen LogP contribution >= 0.6 is 0 Å². The van der Waals surface area contributed by atoms with Crippen LogP contribution in [-0.4, -0.2) is 11.1 Å². The van der Waals surface area contributed by atoms with Crippen molar-refractivity contribution < 1.29 is 0 Å². The normalized spacial score (nSPS) is 19.2. The number of nitrogens with zero attached hydrogens (tertiary/aromatic N) is 1. The molecule has 0 radical (unpaired) electrons. The molecule has 1 aliphatic carbocycles. The number of aromatic nitrogens is 1. The van der Waals surface area contributed by atoms with E-state index in [1.165, 1.54) is 30.7 Å². The Hall–Kier alpha value is -1.02. The lowest BCUT2D eigenvalue weighted by molar-refractivity contribution is 0.608. The van der Waals surface area contributed by atoms with E-state index >= 15 is 0 Å². The van der Waals surface area contributed by atoms with Gasteiger partial charge in [0.15, 0.2) is 0 Å². The number of hydrogen-bond acceptors (Lipinski definition) is 1. The van der Waals surface area contributed by atoms with E-state index in [9.17, 15) is 0 Å². The van der Waals surface area contributed by atoms with Crippen molar-refractivity contribution in [3.05, 3.63) is 28.6 Å². The predicted octanol–water partition coefficient (Wildman–Crippen LogP) is 1.63. The molecule has 0 saturated carbocycles. The third kappa shape index (κ3) is 1.01. The largest absolute Gasteiger partial charge is 0.346 e. The van der Waals surface area contributed by atoms with E-state index in [1.54, 1.807) is 11.1 Å². The highest BCUT2D eigenvalue weighted by Gasteiger charge is 2.22. The quantitative estimate of drug-likeness (QED) is 0.655. The van der Waals surface area contributed by atoms with Gasteiger partial charge in [0.1, 0.15) is 0 Å². The first-order chi connectivity index (χ1) is 6.88. The van der Waals surface area contributed by atoms with E-state index in [4.69, 9.17) is 0 Å². The summed E-state index contributed by atoms with van der Waals surface area (Å²) in [5.74, 6) is 0. The molecule has 1 aromatic rings. The lowest BCUT2D eigenvalue weighted by atomic mass is 9.96. The third-order valence-corrected chi connectivity index (χ3v) is 3.47. The van der Waals surface area contributed by atoms with Crippen molar-refractivity contribution in [2.24, 2.45) is 7.05 Å². The van der Waals surface area contributed by atoms with Crippen molar-refractivity contribution in [2.45, 2.75) is 25.8 Å². The van der Waals surface area contributed by atoms with Gasteiger partial charge in [-0.15, -0.1) is 0 Å². The van der Waals surface area contributed by atoms with Crippen LogP contribution in [0.2, 0.25) is 0 Å². The number of rotatable bonds is 0. The molecule has 2 heterocycles. The third-order valence-electron chi connectivity index (χ3n) is 3.47. The van der Waals surface area contributed by atoms with E-state index in [2.05, 4.69) is 29.1 Å². The maximum Gasteiger partial charge on any atom is 0.0439 e. The van der Waals surface area contributed by atoms with Crippen LogP contribution in [0, 0.1) is 0 Å². The van der Waals surface area contributed by atoms with Gasteiger partial charge in [-0.2, -0.15) is 0 Å². The molecule has 2 heteroatoms. The van der Waals surface area contributed by atoms with Gasteiger partial charge < -0.3 is 9.88 Å². The summed E-state index contributed by atoms with van der Waals surface area (Å²) < 4.78 is 2.37. The second-order valence-electron chi connectivity index (χ2n) is 4.22. The van der Waals surface area contributed by atoms with Gasteiger partial charge in [0, 0.05) is 25.0 Å². The zero-order valence-electron chi connectivity index (χ0n) is 8.64. The zero-order valence-corrected chi connectivity index (χ0v) is 8.64. The summed E-state index contributed by atoms with van der Waals surface area (Å²) in [6.07, 6.45) is 8.26. The zero-order chi connectivity index (χ0) is 9.54. The lowest BCUT2D eigenvalue weighted by Gasteiger charge is -2.15. The molecule has 0 unspecified atom stereocenters. The summed E-state index contributed by atoms with van der Waals surface area (Å²) in [5, 5.41) is 3.45. The Balaban J connectivity index is 2.23. The molecule has 0 fully saturated rings. The standard InChI is InChI=1S/C12H16N2/c1-14-11-5-3-2-4-9(11)10-6-7-13-8-12(10)14/h3,5,13H,2,4,6-8H2,1H3. The fourth-order valence-electron chi connectivity index (χ4n) is 2.73. The smallest absolute Gasteiger partial charge is 0.0439 e. The fraction of sp³-hybridized carbons (Fsp3) is 0.500. The first kappa shape index (κ1) is 8.30. The molecular formula is C12H16N2. The first-order valence-electron chi connectivity index (χ1n) is 5.44. The van der Waals surface area contributed by atoms with Crippen molar-refractivity contribution in [1.82, 2.24) is 9.88 Å². The molecule has 2 aliphatic rings. The molecule has 0 amide bonds. The minimum Gasteiger partial charge on any atom is -0.346 e. The van der Waals surface area contributed by atoms with Crippen LogP contribution in [-0.2, 0) is 26.4 Å². The van der Waals surface area contributed by atoms with Crippen LogP contribution in [0.4, 0.5) is 0 Å². The summed E-state index contributed by atoms with van der Waals surface area (Å²) in [6, 6.07) is 0. The molecule has 0 atom stereocenters. The number of allylic oxidation sites excluding steroid dienone is 1. The van der Waals surface area contributed by atoms with E-state index in [0.717, 1.165) is 13.1 Å². The van der Waals surface area contributed by atoms with Crippen molar-refractivity contribution in [2.75, 3.05) is 6.54 Å². The Morgan fingerprint density at radius 1 is 1.29 bits per heavy atom. The van der Waals surface area contributed by atoms with Gasteiger partial charge in [-0.25, -0.2) is 0 Å². The Labute approximate surface area is 84.6 Å². The SMILES string of the molecule is Cn1c2c(c3c1CNCC3)CCC=C2. The van der Waals surface area contributed by atoms with E-state index in [-0.39, 0.29) is 0 Å². The van der Waals surface area contributed by atoms with E-state index in [1.807, 2.05) is 0 Å². The summed E-state index contributed by atoms with van der Waals surface area (Å²) >= 11 is 0. The molecule has 0 bridgehead atoms. The first-order valence-corrected chi connectivity index (χ1v) is 5.44. The van der Waals surface area contributed by atoms with Crippen LogP contribution in [0.15, 0.2) is 6.08 Å². The average Bonchev–Trinajstić information content (AvgIpc) is 2.55. The summed E-state index contributed by atoms with van der Waals surface area (Å²) in [4.78, 5) is 0. The predicted molar refractivity (Wildman–Crippen MR) is 58.2 cm³/mol. The Morgan fingerprint density at radius 2 is 2.21 bits per heavy atom. The molecule has 2 nitrogen and oxygen atoms in total. The minimum absolute atomic E-state index is 1.05. The molecular weight excluding hydrogens is 172 g/mol. The van der Waals surface area contributed by atoms with Gasteiger partial charge in [-0.1, -0.05) is 6.08 Å². The van der Waals surface area contributed by atoms with Crippen LogP contribution < -0.4 is 5.32 Å². The topological polar surface area (TPSA) is 17.0 Å². The Kier molecular flexibility index (Phi) is 1.77. The van der Waals surface area contributed by atoms with Crippen LogP contribution in [0.25, 0.3) is 6.08 Å². The van der Waals surface area contributed by atoms with Gasteiger partial charge in [-0.3, -0.25) is 0 Å². The van der Waals surface area contributed by atoms with Crippen molar-refractivity contribution >= 4 is 6.08 Å². The number of nitrogens with one attached hydrogen (secondary N) is 1. The molecule has 1 aromatic heterocycles. The highest BCUT2D eigenvalue weighted by Crippen LogP contribution is 2.29. The second-order valence-corrected chi connectivity index (χ2v) is 4.22. The molecule has 74 valence electrons. The molecule has 1 N–H and O–H groups in total. The van der Waals surface area contributed by atoms with Crippen molar-refractivity contribution in [3.63, 3.8) is 0 Å². The molecule has 1 aliphatic heterocycles. The van der Waals surface area contributed by atoms with Gasteiger partial charge in [0.2, 0.25) is 0 Å². The average molecular weight is 188 g/mol. The monoisotopic (exact) mass is 188 g/mol. The second kappa shape index (κ2) is 2.99. The van der Waals surface area contributed by atoms with E-state index < -0.39 is 0 Å². The Bertz CT molecular complexity index is 399. The number of hydrogen-bond donors (Lipinski definition) is 1. The van der Waals surface area contributed by atoms with Gasteiger partial charge in [0.25, 0.3) is 0 Å². The van der Waals surface area contributed by atoms with E-state index in [0.29, 0.717) is 0 Å². The molecule has 3 rings (SSSR count). The maximum absolute atomic E-state index is 3.45. The lowest BCUT2D eigenvalue weighted by Crippen LogP contribution is -2.24. The Morgan fingerprint density at radius 3 is 3.14 bits per heavy atom. The summed E-state index contributed by atoms with van der Waals surface area (Å²) in [7, 11) is 2.19. The van der Waals surface area contributed by atoms with Crippen LogP contribution in [0.5, 0.6) is 0 Å². The summed E-state index contributed by atoms with van der Waals surface area (Å²) in [5.41, 5.74) is 6.20. The maximum atomic E-state index is 3.45. The highest BCUT2D eigenvalue weighted by molar-refractivity contribution is 5.58. The van der Waals surface area contributed by atoms with Gasteiger partial charge >= 0.3 is 0 Å². The summed E-state index contributed by atoms with van der Waals surface area (Å²) in [6.45, 7) is 2.19. The highest BCUT2D eigenvalue weighted by atomic mass is 15.0. The molecule has 0 saturated heterocycles. The minimum atomic E-state index is 1.05. The van der Waals surface area contributed by atoms with Gasteiger partial charge in [-0.05, 0) is 43.0 Å². The van der Waals surface area contributed by atoms with Crippen LogP contribution in [0.3, 0.4) is 0 Å². The van der Waals surface area contributed by atoms with Crippen molar-refractivity contribution in [3.8, 4) is 0 Å². The molecule has 14 heavy (non-hydrogen) atoms. The van der Waals surface area contributed by atoms with Crippen LogP contribution in [0.1, 0.15) is 28.9 Å². The number of fused-ring (bicyclic) bond motifs is 3.